The zero-order chi connectivity index (χ0) is 13.5. The Hall–Kier alpha value is -1.69. The molecule has 1 atom stereocenters. The number of methoxy groups -OCH3 is 1. The SMILES string of the molecule is CCCC(COC)NC(=O)c1ccnc(N)c1F. The molecule has 3 N–H and O–H groups in total. The molecule has 0 spiro atoms. The van der Waals surface area contributed by atoms with Gasteiger partial charge in [-0.2, -0.15) is 0 Å². The van der Waals surface area contributed by atoms with Crippen molar-refractivity contribution >= 4 is 11.7 Å². The van der Waals surface area contributed by atoms with Crippen LogP contribution in [0.3, 0.4) is 0 Å². The van der Waals surface area contributed by atoms with Crippen LogP contribution in [0.25, 0.3) is 0 Å². The number of amides is 1. The number of nitrogen functional groups attached to an aromatic ring is 1. The van der Waals surface area contributed by atoms with E-state index in [1.807, 2.05) is 6.92 Å². The molecule has 0 radical (unpaired) electrons. The van der Waals surface area contributed by atoms with E-state index in [9.17, 15) is 9.18 Å². The van der Waals surface area contributed by atoms with E-state index < -0.39 is 11.7 Å². The van der Waals surface area contributed by atoms with Crippen LogP contribution >= 0.6 is 0 Å². The van der Waals surface area contributed by atoms with Crippen LogP contribution in [0.5, 0.6) is 0 Å². The zero-order valence-corrected chi connectivity index (χ0v) is 10.6. The lowest BCUT2D eigenvalue weighted by atomic mass is 10.1. The van der Waals surface area contributed by atoms with E-state index in [2.05, 4.69) is 10.3 Å². The summed E-state index contributed by atoms with van der Waals surface area (Å²) in [5, 5.41) is 2.72. The first-order chi connectivity index (χ1) is 8.60. The molecule has 0 saturated heterocycles. The summed E-state index contributed by atoms with van der Waals surface area (Å²) < 4.78 is 18.6. The molecule has 100 valence electrons. The number of rotatable bonds is 6. The largest absolute Gasteiger partial charge is 0.383 e. The van der Waals surface area contributed by atoms with E-state index in [1.165, 1.54) is 12.3 Å². The maximum absolute atomic E-state index is 13.6. The van der Waals surface area contributed by atoms with Crippen LogP contribution in [-0.4, -0.2) is 30.6 Å². The number of anilines is 1. The number of ether oxygens (including phenoxy) is 1. The van der Waals surface area contributed by atoms with Crippen LogP contribution in [0.2, 0.25) is 0 Å². The molecule has 1 amide bonds. The third-order valence-corrected chi connectivity index (χ3v) is 2.50. The molecule has 0 saturated carbocycles. The minimum Gasteiger partial charge on any atom is -0.383 e. The Labute approximate surface area is 106 Å². The Bertz CT molecular complexity index is 406. The van der Waals surface area contributed by atoms with E-state index in [-0.39, 0.29) is 17.4 Å². The van der Waals surface area contributed by atoms with Gasteiger partial charge in [-0.15, -0.1) is 0 Å². The molecule has 18 heavy (non-hydrogen) atoms. The standard InChI is InChI=1S/C12H18FN3O2/c1-3-4-8(7-18-2)16-12(17)9-5-6-15-11(14)10(9)13/h5-6,8H,3-4,7H2,1-2H3,(H2,14,15)(H,16,17). The van der Waals surface area contributed by atoms with Crippen molar-refractivity contribution in [3.63, 3.8) is 0 Å². The molecule has 1 aromatic heterocycles. The van der Waals surface area contributed by atoms with Crippen LogP contribution < -0.4 is 11.1 Å². The number of nitrogens with zero attached hydrogens (tertiary/aromatic N) is 1. The third-order valence-electron chi connectivity index (χ3n) is 2.50. The summed E-state index contributed by atoms with van der Waals surface area (Å²) >= 11 is 0. The van der Waals surface area contributed by atoms with Crippen LogP contribution in [0, 0.1) is 5.82 Å². The molecule has 1 rings (SSSR count). The number of carbonyl (C=O) groups excluding carboxylic acids is 1. The zero-order valence-electron chi connectivity index (χ0n) is 10.6. The molecular weight excluding hydrogens is 237 g/mol. The van der Waals surface area contributed by atoms with Gasteiger partial charge in [0.1, 0.15) is 0 Å². The summed E-state index contributed by atoms with van der Waals surface area (Å²) in [6.45, 7) is 2.39. The fraction of sp³-hybridized carbons (Fsp3) is 0.500. The molecule has 0 aliphatic rings. The fourth-order valence-electron chi connectivity index (χ4n) is 1.65. The number of carbonyl (C=O) groups is 1. The summed E-state index contributed by atoms with van der Waals surface area (Å²) in [5.74, 6) is -1.57. The topological polar surface area (TPSA) is 77.2 Å². The van der Waals surface area contributed by atoms with Gasteiger partial charge in [-0.3, -0.25) is 4.79 Å². The highest BCUT2D eigenvalue weighted by atomic mass is 19.1. The van der Waals surface area contributed by atoms with Crippen molar-refractivity contribution in [2.45, 2.75) is 25.8 Å². The maximum Gasteiger partial charge on any atom is 0.254 e. The number of nitrogens with one attached hydrogen (secondary N) is 1. The second-order valence-electron chi connectivity index (χ2n) is 3.97. The monoisotopic (exact) mass is 255 g/mol. The number of hydrogen-bond acceptors (Lipinski definition) is 4. The minimum absolute atomic E-state index is 0.0975. The van der Waals surface area contributed by atoms with Gasteiger partial charge in [0, 0.05) is 13.3 Å². The lowest BCUT2D eigenvalue weighted by Crippen LogP contribution is -2.38. The van der Waals surface area contributed by atoms with Gasteiger partial charge in [0.05, 0.1) is 18.2 Å². The molecule has 0 bridgehead atoms. The van der Waals surface area contributed by atoms with Crippen molar-refractivity contribution in [1.82, 2.24) is 10.3 Å². The normalized spacial score (nSPS) is 12.2. The Balaban J connectivity index is 2.77. The first-order valence-electron chi connectivity index (χ1n) is 5.79. The van der Waals surface area contributed by atoms with Crippen molar-refractivity contribution < 1.29 is 13.9 Å². The second-order valence-corrected chi connectivity index (χ2v) is 3.97. The van der Waals surface area contributed by atoms with Crippen molar-refractivity contribution in [2.24, 2.45) is 0 Å². The molecule has 0 aliphatic carbocycles. The van der Waals surface area contributed by atoms with Crippen LogP contribution in [0.4, 0.5) is 10.2 Å². The van der Waals surface area contributed by atoms with Gasteiger partial charge >= 0.3 is 0 Å². The molecule has 6 heteroatoms. The lowest BCUT2D eigenvalue weighted by Gasteiger charge is -2.17. The maximum atomic E-state index is 13.6. The van der Waals surface area contributed by atoms with Crippen molar-refractivity contribution in [3.05, 3.63) is 23.6 Å². The third kappa shape index (κ3) is 3.66. The summed E-state index contributed by atoms with van der Waals surface area (Å²) in [4.78, 5) is 15.5. The summed E-state index contributed by atoms with van der Waals surface area (Å²) in [6, 6.07) is 1.16. The van der Waals surface area contributed by atoms with Gasteiger partial charge in [-0.05, 0) is 12.5 Å². The quantitative estimate of drug-likeness (QED) is 0.804. The summed E-state index contributed by atoms with van der Waals surface area (Å²) in [5.41, 5.74) is 5.22. The fourth-order valence-corrected chi connectivity index (χ4v) is 1.65. The lowest BCUT2D eigenvalue weighted by molar-refractivity contribution is 0.0887. The van der Waals surface area contributed by atoms with Crippen LogP contribution in [-0.2, 0) is 4.74 Å². The highest BCUT2D eigenvalue weighted by molar-refractivity contribution is 5.95. The number of aromatic nitrogens is 1. The number of hydrogen-bond donors (Lipinski definition) is 2. The van der Waals surface area contributed by atoms with Gasteiger partial charge in [0.15, 0.2) is 11.6 Å². The van der Waals surface area contributed by atoms with E-state index >= 15 is 0 Å². The van der Waals surface area contributed by atoms with Crippen molar-refractivity contribution in [3.8, 4) is 0 Å². The predicted molar refractivity (Wildman–Crippen MR) is 66.6 cm³/mol. The van der Waals surface area contributed by atoms with E-state index in [4.69, 9.17) is 10.5 Å². The second kappa shape index (κ2) is 6.90. The van der Waals surface area contributed by atoms with Gasteiger partial charge < -0.3 is 15.8 Å². The molecule has 0 aliphatic heterocycles. The van der Waals surface area contributed by atoms with E-state index in [0.717, 1.165) is 12.8 Å². The molecule has 0 aromatic carbocycles. The summed E-state index contributed by atoms with van der Waals surface area (Å²) in [7, 11) is 1.56. The van der Waals surface area contributed by atoms with E-state index in [1.54, 1.807) is 7.11 Å². The van der Waals surface area contributed by atoms with Gasteiger partial charge in [0.2, 0.25) is 0 Å². The number of pyridine rings is 1. The Morgan fingerprint density at radius 2 is 2.39 bits per heavy atom. The molecule has 5 nitrogen and oxygen atoms in total. The average Bonchev–Trinajstić information content (AvgIpc) is 2.33. The average molecular weight is 255 g/mol. The minimum atomic E-state index is -0.789. The Kier molecular flexibility index (Phi) is 5.51. The summed E-state index contributed by atoms with van der Waals surface area (Å²) in [6.07, 6.45) is 2.97. The molecular formula is C12H18FN3O2. The smallest absolute Gasteiger partial charge is 0.254 e. The molecule has 1 aromatic rings. The number of halogens is 1. The molecule has 1 heterocycles. The Morgan fingerprint density at radius 3 is 3.00 bits per heavy atom. The van der Waals surface area contributed by atoms with E-state index in [0.29, 0.717) is 6.61 Å². The first-order valence-corrected chi connectivity index (χ1v) is 5.79. The Morgan fingerprint density at radius 1 is 1.67 bits per heavy atom. The van der Waals surface area contributed by atoms with Gasteiger partial charge in [-0.25, -0.2) is 9.37 Å². The molecule has 0 fully saturated rings. The van der Waals surface area contributed by atoms with Crippen molar-refractivity contribution in [2.75, 3.05) is 19.5 Å². The predicted octanol–water partition coefficient (Wildman–Crippen LogP) is 1.35. The van der Waals surface area contributed by atoms with Crippen LogP contribution in [0.15, 0.2) is 12.3 Å². The van der Waals surface area contributed by atoms with Gasteiger partial charge in [-0.1, -0.05) is 13.3 Å². The molecule has 1 unspecified atom stereocenters. The van der Waals surface area contributed by atoms with Crippen LogP contribution in [0.1, 0.15) is 30.1 Å². The van der Waals surface area contributed by atoms with Crippen molar-refractivity contribution in [1.29, 1.82) is 0 Å². The number of nitrogens with two attached hydrogens (primary N) is 1. The highest BCUT2D eigenvalue weighted by Gasteiger charge is 2.17. The highest BCUT2D eigenvalue weighted by Crippen LogP contribution is 2.12. The first kappa shape index (κ1) is 14.4. The van der Waals surface area contributed by atoms with Gasteiger partial charge in [0.25, 0.3) is 5.91 Å².